The van der Waals surface area contributed by atoms with Gasteiger partial charge in [0.1, 0.15) is 12.3 Å². The average molecular weight is 408 g/mol. The van der Waals surface area contributed by atoms with Gasteiger partial charge in [0, 0.05) is 24.2 Å². The lowest BCUT2D eigenvalue weighted by Crippen LogP contribution is -2.30. The van der Waals surface area contributed by atoms with E-state index in [0.717, 1.165) is 5.56 Å². The van der Waals surface area contributed by atoms with E-state index in [4.69, 9.17) is 11.6 Å². The molecule has 1 amide bonds. The van der Waals surface area contributed by atoms with E-state index in [9.17, 15) is 13.6 Å². The fraction of sp³-hybridized carbons (Fsp3) is 0.222. The highest BCUT2D eigenvalue weighted by molar-refractivity contribution is 6.30. The molecule has 0 spiro atoms. The number of carbonyl (C=O) groups is 1. The van der Waals surface area contributed by atoms with E-state index in [1.54, 1.807) is 43.4 Å². The van der Waals surface area contributed by atoms with E-state index in [1.165, 1.54) is 21.8 Å². The second-order valence-corrected chi connectivity index (χ2v) is 6.36. The molecule has 7 nitrogen and oxygen atoms in total. The Labute approximate surface area is 164 Å². The van der Waals surface area contributed by atoms with Crippen LogP contribution >= 0.6 is 11.6 Å². The second-order valence-electron chi connectivity index (χ2n) is 5.93. The van der Waals surface area contributed by atoms with Gasteiger partial charge in [-0.1, -0.05) is 35.9 Å². The number of hydrogen-bond acceptors (Lipinski definition) is 5. The zero-order chi connectivity index (χ0) is 20.1. The first kappa shape index (κ1) is 19.7. The number of tetrazole rings is 1. The van der Waals surface area contributed by atoms with Crippen molar-refractivity contribution in [1.82, 2.24) is 25.1 Å². The molecular weight excluding hydrogens is 392 g/mol. The first-order valence-corrected chi connectivity index (χ1v) is 8.60. The lowest BCUT2D eigenvalue weighted by atomic mass is 10.2. The van der Waals surface area contributed by atoms with Crippen molar-refractivity contribution in [1.29, 1.82) is 0 Å². The van der Waals surface area contributed by atoms with Gasteiger partial charge in [-0.3, -0.25) is 4.79 Å². The summed E-state index contributed by atoms with van der Waals surface area (Å²) in [6.07, 6.45) is 0. The molecule has 10 heteroatoms. The molecule has 28 heavy (non-hydrogen) atoms. The molecule has 0 aliphatic heterocycles. The first-order valence-electron chi connectivity index (χ1n) is 8.22. The molecule has 2 aromatic carbocycles. The number of nitrogens with zero attached hydrogens (tertiary/aromatic N) is 5. The smallest absolute Gasteiger partial charge is 0.387 e. The van der Waals surface area contributed by atoms with Gasteiger partial charge >= 0.3 is 6.61 Å². The van der Waals surface area contributed by atoms with Crippen LogP contribution in [0.15, 0.2) is 48.5 Å². The molecule has 0 aliphatic carbocycles. The number of aromatic nitrogens is 4. The number of amides is 1. The third-order valence-electron chi connectivity index (χ3n) is 3.81. The van der Waals surface area contributed by atoms with Crippen LogP contribution in [-0.2, 0) is 17.9 Å². The van der Waals surface area contributed by atoms with Crippen molar-refractivity contribution in [2.45, 2.75) is 19.7 Å². The van der Waals surface area contributed by atoms with Crippen LogP contribution in [0.3, 0.4) is 0 Å². The maximum atomic E-state index is 12.4. The number of rotatable bonds is 7. The van der Waals surface area contributed by atoms with Gasteiger partial charge in [-0.25, -0.2) is 0 Å². The Kier molecular flexibility index (Phi) is 6.15. The summed E-state index contributed by atoms with van der Waals surface area (Å²) in [5, 5.41) is 12.6. The van der Waals surface area contributed by atoms with Crippen LogP contribution in [0.25, 0.3) is 11.4 Å². The van der Waals surface area contributed by atoms with Gasteiger partial charge in [0.15, 0.2) is 0 Å². The van der Waals surface area contributed by atoms with Gasteiger partial charge in [0.25, 0.3) is 0 Å². The molecule has 1 heterocycles. The Hall–Kier alpha value is -3.07. The Morgan fingerprint density at radius 2 is 2.00 bits per heavy atom. The summed E-state index contributed by atoms with van der Waals surface area (Å²) in [5.41, 5.74) is 1.47. The highest BCUT2D eigenvalue weighted by Gasteiger charge is 2.14. The lowest BCUT2D eigenvalue weighted by Gasteiger charge is -2.17. The highest BCUT2D eigenvalue weighted by Crippen LogP contribution is 2.18. The van der Waals surface area contributed by atoms with Gasteiger partial charge in [-0.15, -0.1) is 10.2 Å². The molecule has 3 aromatic rings. The Balaban J connectivity index is 1.58. The van der Waals surface area contributed by atoms with Crippen LogP contribution in [0.2, 0.25) is 5.02 Å². The van der Waals surface area contributed by atoms with Gasteiger partial charge < -0.3 is 9.64 Å². The summed E-state index contributed by atoms with van der Waals surface area (Å²) in [6.45, 7) is -2.66. The zero-order valence-corrected chi connectivity index (χ0v) is 15.6. The number of alkyl halides is 2. The third-order valence-corrected chi connectivity index (χ3v) is 4.04. The van der Waals surface area contributed by atoms with Gasteiger partial charge in [0.05, 0.1) is 0 Å². The summed E-state index contributed by atoms with van der Waals surface area (Å²) in [7, 11) is 1.63. The molecule has 1 aromatic heterocycles. The molecule has 0 aliphatic rings. The molecule has 146 valence electrons. The Bertz CT molecular complexity index is 949. The summed E-state index contributed by atoms with van der Waals surface area (Å²) < 4.78 is 28.6. The van der Waals surface area contributed by atoms with E-state index in [0.29, 0.717) is 23.0 Å². The number of halogens is 3. The van der Waals surface area contributed by atoms with E-state index in [1.807, 2.05) is 0 Å². The number of likely N-dealkylation sites (N-methyl/N-ethyl adjacent to an activating group) is 1. The number of ether oxygens (including phenoxy) is 1. The van der Waals surface area contributed by atoms with Crippen LogP contribution in [0.1, 0.15) is 5.56 Å². The van der Waals surface area contributed by atoms with Gasteiger partial charge in [0.2, 0.25) is 11.7 Å². The van der Waals surface area contributed by atoms with Crippen molar-refractivity contribution in [2.24, 2.45) is 0 Å². The van der Waals surface area contributed by atoms with Crippen molar-refractivity contribution >= 4 is 17.5 Å². The molecule has 0 unspecified atom stereocenters. The molecule has 0 atom stereocenters. The van der Waals surface area contributed by atoms with Crippen LogP contribution in [0.4, 0.5) is 8.78 Å². The van der Waals surface area contributed by atoms with Crippen LogP contribution in [0.5, 0.6) is 5.75 Å². The van der Waals surface area contributed by atoms with Crippen molar-refractivity contribution < 1.29 is 18.3 Å². The molecule has 0 saturated carbocycles. The molecule has 0 fully saturated rings. The number of carbonyl (C=O) groups excluding carboxylic acids is 1. The summed E-state index contributed by atoms with van der Waals surface area (Å²) in [4.78, 5) is 15.1. The molecular formula is C18H16ClF2N5O2. The van der Waals surface area contributed by atoms with Crippen molar-refractivity contribution in [3.63, 3.8) is 0 Å². The molecule has 3 rings (SSSR count). The SMILES string of the molecule is CN(Cc1ccc(OC(F)F)cc1)C(=O)Cn1nnc(-c2cccc(Cl)c2)n1. The summed E-state index contributed by atoms with van der Waals surface area (Å²) in [6, 6.07) is 13.1. The topological polar surface area (TPSA) is 73.1 Å². The predicted molar refractivity (Wildman–Crippen MR) is 97.8 cm³/mol. The third kappa shape index (κ3) is 5.23. The fourth-order valence-electron chi connectivity index (χ4n) is 2.43. The average Bonchev–Trinajstić information content (AvgIpc) is 3.11. The first-order chi connectivity index (χ1) is 13.4. The van der Waals surface area contributed by atoms with Crippen molar-refractivity contribution in [3.05, 3.63) is 59.1 Å². The largest absolute Gasteiger partial charge is 0.435 e. The van der Waals surface area contributed by atoms with Crippen LogP contribution in [0, 0.1) is 0 Å². The fourth-order valence-corrected chi connectivity index (χ4v) is 2.62. The minimum Gasteiger partial charge on any atom is -0.435 e. The van der Waals surface area contributed by atoms with Crippen LogP contribution in [-0.4, -0.2) is 44.7 Å². The minimum atomic E-state index is -2.87. The predicted octanol–water partition coefficient (Wildman–Crippen LogP) is 3.25. The lowest BCUT2D eigenvalue weighted by molar-refractivity contribution is -0.131. The number of hydrogen-bond donors (Lipinski definition) is 0. The van der Waals surface area contributed by atoms with Crippen LogP contribution < -0.4 is 4.74 Å². The van der Waals surface area contributed by atoms with E-state index in [2.05, 4.69) is 20.1 Å². The minimum absolute atomic E-state index is 0.0630. The van der Waals surface area contributed by atoms with Gasteiger partial charge in [-0.2, -0.15) is 13.6 Å². The van der Waals surface area contributed by atoms with Crippen molar-refractivity contribution in [3.8, 4) is 17.1 Å². The summed E-state index contributed by atoms with van der Waals surface area (Å²) in [5.74, 6) is 0.198. The van der Waals surface area contributed by atoms with Crippen molar-refractivity contribution in [2.75, 3.05) is 7.05 Å². The second kappa shape index (κ2) is 8.75. The monoisotopic (exact) mass is 407 g/mol. The quantitative estimate of drug-likeness (QED) is 0.601. The summed E-state index contributed by atoms with van der Waals surface area (Å²) >= 11 is 5.95. The molecule has 0 bridgehead atoms. The normalized spacial score (nSPS) is 10.9. The molecule has 0 radical (unpaired) electrons. The van der Waals surface area contributed by atoms with E-state index < -0.39 is 6.61 Å². The maximum absolute atomic E-state index is 12.4. The zero-order valence-electron chi connectivity index (χ0n) is 14.8. The maximum Gasteiger partial charge on any atom is 0.387 e. The molecule has 0 N–H and O–H groups in total. The van der Waals surface area contributed by atoms with E-state index in [-0.39, 0.29) is 18.2 Å². The van der Waals surface area contributed by atoms with Gasteiger partial charge in [-0.05, 0) is 35.0 Å². The van der Waals surface area contributed by atoms with E-state index >= 15 is 0 Å². The standard InChI is InChI=1S/C18H16ClF2N5O2/c1-25(10-12-5-7-15(8-6-12)28-18(20)21)16(27)11-26-23-17(22-24-26)13-3-2-4-14(19)9-13/h2-9,18H,10-11H2,1H3. The number of benzene rings is 2. The highest BCUT2D eigenvalue weighted by atomic mass is 35.5. The molecule has 0 saturated heterocycles. The Morgan fingerprint density at radius 1 is 1.25 bits per heavy atom. The Morgan fingerprint density at radius 3 is 2.68 bits per heavy atom.